The van der Waals surface area contributed by atoms with Gasteiger partial charge in [0.15, 0.2) is 0 Å². The highest BCUT2D eigenvalue weighted by atomic mass is 16.5. The average molecular weight is 209 g/mol. The van der Waals surface area contributed by atoms with Crippen LogP contribution in [-0.4, -0.2) is 23.9 Å². The van der Waals surface area contributed by atoms with Crippen molar-refractivity contribution in [1.29, 1.82) is 5.26 Å². The summed E-state index contributed by atoms with van der Waals surface area (Å²) in [6.45, 7) is 3.35. The molecule has 1 aliphatic heterocycles. The third-order valence-corrected chi connectivity index (χ3v) is 4.19. The molecule has 0 aromatic rings. The Morgan fingerprint density at radius 3 is 2.47 bits per heavy atom. The Morgan fingerprint density at radius 2 is 2.00 bits per heavy atom. The molecule has 0 amide bonds. The number of nitrogens with zero attached hydrogens (tertiary/aromatic N) is 1. The third-order valence-electron chi connectivity index (χ3n) is 4.19. The van der Waals surface area contributed by atoms with Crippen LogP contribution >= 0.6 is 0 Å². The lowest BCUT2D eigenvalue weighted by Gasteiger charge is -2.43. The van der Waals surface area contributed by atoms with Crippen LogP contribution in [0.3, 0.4) is 0 Å². The van der Waals surface area contributed by atoms with Gasteiger partial charge in [0.05, 0.1) is 17.1 Å². The fraction of sp³-hybridized carbons (Fsp3) is 0.917. The van der Waals surface area contributed by atoms with E-state index in [1.54, 1.807) is 0 Å². The van der Waals surface area contributed by atoms with Crippen LogP contribution in [0.4, 0.5) is 0 Å². The van der Waals surface area contributed by atoms with Gasteiger partial charge >= 0.3 is 0 Å². The fourth-order valence-electron chi connectivity index (χ4n) is 3.11. The summed E-state index contributed by atoms with van der Waals surface area (Å²) in [6.07, 6.45) is 4.00. The molecule has 0 aromatic heterocycles. The number of hydrogen-bond donors (Lipinski definition) is 1. The number of rotatable bonds is 1. The van der Waals surface area contributed by atoms with Gasteiger partial charge in [-0.05, 0) is 25.2 Å². The molecule has 2 atom stereocenters. The third kappa shape index (κ3) is 1.66. The summed E-state index contributed by atoms with van der Waals surface area (Å²) in [5.74, 6) is 0.566. The van der Waals surface area contributed by atoms with E-state index in [0.717, 1.165) is 19.3 Å². The van der Waals surface area contributed by atoms with E-state index in [2.05, 4.69) is 13.0 Å². The molecule has 3 heteroatoms. The van der Waals surface area contributed by atoms with Crippen molar-refractivity contribution in [3.63, 3.8) is 0 Å². The van der Waals surface area contributed by atoms with E-state index < -0.39 is 11.0 Å². The minimum atomic E-state index is -0.801. The molecular weight excluding hydrogens is 190 g/mol. The van der Waals surface area contributed by atoms with E-state index in [-0.39, 0.29) is 0 Å². The Kier molecular flexibility index (Phi) is 2.74. The van der Waals surface area contributed by atoms with E-state index in [0.29, 0.717) is 32.0 Å². The molecule has 2 aliphatic rings. The van der Waals surface area contributed by atoms with Gasteiger partial charge in [0.1, 0.15) is 0 Å². The largest absolute Gasteiger partial charge is 0.388 e. The summed E-state index contributed by atoms with van der Waals surface area (Å²) in [7, 11) is 0. The Labute approximate surface area is 91.0 Å². The smallest absolute Gasteiger partial charge is 0.0877 e. The van der Waals surface area contributed by atoms with Crippen molar-refractivity contribution in [3.8, 4) is 6.07 Å². The maximum absolute atomic E-state index is 10.6. The molecule has 0 bridgehead atoms. The van der Waals surface area contributed by atoms with Crippen LogP contribution < -0.4 is 0 Å². The molecule has 1 saturated heterocycles. The minimum absolute atomic E-state index is 0.504. The van der Waals surface area contributed by atoms with E-state index >= 15 is 0 Å². The summed E-state index contributed by atoms with van der Waals surface area (Å²) in [5.41, 5.74) is -1.30. The number of nitriles is 1. The van der Waals surface area contributed by atoms with Crippen molar-refractivity contribution < 1.29 is 9.84 Å². The van der Waals surface area contributed by atoms with Gasteiger partial charge in [-0.3, -0.25) is 0 Å². The summed E-state index contributed by atoms with van der Waals surface area (Å²) < 4.78 is 5.27. The second-order valence-corrected chi connectivity index (χ2v) is 5.19. The molecule has 15 heavy (non-hydrogen) atoms. The van der Waals surface area contributed by atoms with Gasteiger partial charge in [-0.2, -0.15) is 5.26 Å². The van der Waals surface area contributed by atoms with Crippen molar-refractivity contribution in [1.82, 2.24) is 0 Å². The van der Waals surface area contributed by atoms with Crippen LogP contribution in [-0.2, 0) is 4.74 Å². The zero-order valence-corrected chi connectivity index (χ0v) is 9.33. The van der Waals surface area contributed by atoms with Gasteiger partial charge in [-0.25, -0.2) is 0 Å². The van der Waals surface area contributed by atoms with Crippen LogP contribution in [0.2, 0.25) is 0 Å². The van der Waals surface area contributed by atoms with Gasteiger partial charge < -0.3 is 9.84 Å². The summed E-state index contributed by atoms with van der Waals surface area (Å²) in [5, 5.41) is 20.0. The lowest BCUT2D eigenvalue weighted by molar-refractivity contribution is -0.123. The zero-order chi connectivity index (χ0) is 10.9. The highest BCUT2D eigenvalue weighted by molar-refractivity contribution is 5.15. The Balaban J connectivity index is 2.22. The van der Waals surface area contributed by atoms with Crippen molar-refractivity contribution in [2.45, 2.75) is 44.6 Å². The molecule has 1 N–H and O–H groups in total. The van der Waals surface area contributed by atoms with E-state index in [4.69, 9.17) is 4.74 Å². The first-order chi connectivity index (χ1) is 7.12. The Morgan fingerprint density at radius 1 is 1.33 bits per heavy atom. The normalized spacial score (nSPS) is 39.9. The molecule has 2 unspecified atom stereocenters. The van der Waals surface area contributed by atoms with Crippen molar-refractivity contribution in [3.05, 3.63) is 0 Å². The first-order valence-corrected chi connectivity index (χ1v) is 5.83. The molecule has 3 nitrogen and oxygen atoms in total. The SMILES string of the molecule is CC1CCC(C#N)(C2(O)CCOCC2)C1. The predicted octanol–water partition coefficient (Wildman–Crippen LogP) is 1.86. The number of hydrogen-bond acceptors (Lipinski definition) is 3. The topological polar surface area (TPSA) is 53.2 Å². The fourth-order valence-corrected chi connectivity index (χ4v) is 3.11. The number of ether oxygens (including phenoxy) is 1. The quantitative estimate of drug-likeness (QED) is 0.717. The van der Waals surface area contributed by atoms with Crippen LogP contribution in [0.15, 0.2) is 0 Å². The predicted molar refractivity (Wildman–Crippen MR) is 56.1 cm³/mol. The standard InChI is InChI=1S/C12H19NO2/c1-10-2-3-11(8-10,9-13)12(14)4-6-15-7-5-12/h10,14H,2-8H2,1H3. The van der Waals surface area contributed by atoms with E-state index in [1.165, 1.54) is 0 Å². The molecule has 1 aliphatic carbocycles. The monoisotopic (exact) mass is 209 g/mol. The van der Waals surface area contributed by atoms with Crippen LogP contribution in [0.25, 0.3) is 0 Å². The molecule has 1 heterocycles. The van der Waals surface area contributed by atoms with E-state index in [1.807, 2.05) is 0 Å². The van der Waals surface area contributed by atoms with Gasteiger partial charge in [-0.15, -0.1) is 0 Å². The first-order valence-electron chi connectivity index (χ1n) is 5.83. The van der Waals surface area contributed by atoms with Crippen LogP contribution in [0.5, 0.6) is 0 Å². The summed E-state index contributed by atoms with van der Waals surface area (Å²) in [6, 6.07) is 2.41. The number of aliphatic hydroxyl groups is 1. The molecule has 2 fully saturated rings. The maximum atomic E-state index is 10.6. The van der Waals surface area contributed by atoms with Gasteiger partial charge in [0.2, 0.25) is 0 Å². The van der Waals surface area contributed by atoms with Gasteiger partial charge in [-0.1, -0.05) is 6.92 Å². The van der Waals surface area contributed by atoms with Crippen LogP contribution in [0, 0.1) is 22.7 Å². The Hall–Kier alpha value is -0.590. The van der Waals surface area contributed by atoms with Crippen molar-refractivity contribution in [2.75, 3.05) is 13.2 Å². The van der Waals surface area contributed by atoms with Crippen LogP contribution in [0.1, 0.15) is 39.0 Å². The molecule has 0 spiro atoms. The first kappa shape index (κ1) is 10.9. The maximum Gasteiger partial charge on any atom is 0.0877 e. The lowest BCUT2D eigenvalue weighted by Crippen LogP contribution is -2.50. The highest BCUT2D eigenvalue weighted by Gasteiger charge is 2.54. The molecular formula is C12H19NO2. The molecule has 2 rings (SSSR count). The molecule has 0 radical (unpaired) electrons. The van der Waals surface area contributed by atoms with Crippen molar-refractivity contribution >= 4 is 0 Å². The van der Waals surface area contributed by atoms with E-state index in [9.17, 15) is 10.4 Å². The molecule has 84 valence electrons. The minimum Gasteiger partial charge on any atom is -0.388 e. The average Bonchev–Trinajstić information content (AvgIpc) is 2.63. The highest BCUT2D eigenvalue weighted by Crippen LogP contribution is 2.51. The zero-order valence-electron chi connectivity index (χ0n) is 9.33. The molecule has 1 saturated carbocycles. The lowest BCUT2D eigenvalue weighted by atomic mass is 9.67. The second kappa shape index (κ2) is 3.77. The van der Waals surface area contributed by atoms with Gasteiger partial charge in [0.25, 0.3) is 0 Å². The second-order valence-electron chi connectivity index (χ2n) is 5.19. The Bertz CT molecular complexity index is 278. The van der Waals surface area contributed by atoms with Crippen molar-refractivity contribution in [2.24, 2.45) is 11.3 Å². The summed E-state index contributed by atoms with van der Waals surface area (Å²) in [4.78, 5) is 0. The summed E-state index contributed by atoms with van der Waals surface area (Å²) >= 11 is 0. The molecule has 0 aromatic carbocycles. The van der Waals surface area contributed by atoms with Gasteiger partial charge in [0, 0.05) is 26.1 Å².